The van der Waals surface area contributed by atoms with Crippen molar-refractivity contribution in [3.63, 3.8) is 0 Å². The molecule has 3 nitrogen and oxygen atoms in total. The normalized spacial score (nSPS) is 21.4. The van der Waals surface area contributed by atoms with Gasteiger partial charge in [-0.3, -0.25) is 9.91 Å². The van der Waals surface area contributed by atoms with Gasteiger partial charge in [0.05, 0.1) is 0 Å². The van der Waals surface area contributed by atoms with E-state index in [1.165, 1.54) is 16.2 Å². The maximum atomic E-state index is 6.09. The summed E-state index contributed by atoms with van der Waals surface area (Å²) in [5.41, 5.74) is 0. The smallest absolute Gasteiger partial charge is 0.241 e. The van der Waals surface area contributed by atoms with Gasteiger partial charge in [-0.15, -0.1) is 0 Å². The largest absolute Gasteiger partial charge is 0.300 e. The molecule has 0 bridgehead atoms. The Balaban J connectivity index is 3.11. The van der Waals surface area contributed by atoms with Crippen LogP contribution in [0.2, 0.25) is 0 Å². The lowest BCUT2D eigenvalue weighted by Gasteiger charge is -2.43. The standard InChI is InChI=1S/C8H9Cl8N3/c1-2-3-19-5(6(9,10)11)18(4-17-19)8(15,16)7(12,13)14/h4-5H,2-3H2,1H3. The highest BCUT2D eigenvalue weighted by atomic mass is 35.6. The molecule has 11 heteroatoms. The zero-order valence-corrected chi connectivity index (χ0v) is 15.5. The Morgan fingerprint density at radius 1 is 1.05 bits per heavy atom. The third-order valence-electron chi connectivity index (χ3n) is 2.28. The van der Waals surface area contributed by atoms with Crippen molar-refractivity contribution >= 4 is 99.1 Å². The summed E-state index contributed by atoms with van der Waals surface area (Å²) in [4.78, 5) is 1.20. The first-order valence-electron chi connectivity index (χ1n) is 5.03. The Bertz CT molecular complexity index is 347. The van der Waals surface area contributed by atoms with Gasteiger partial charge in [-0.2, -0.15) is 5.10 Å². The van der Waals surface area contributed by atoms with E-state index < -0.39 is 18.2 Å². The molecule has 1 aliphatic heterocycles. The molecule has 1 heterocycles. The van der Waals surface area contributed by atoms with Gasteiger partial charge in [0, 0.05) is 6.54 Å². The van der Waals surface area contributed by atoms with Crippen molar-refractivity contribution in [2.45, 2.75) is 31.6 Å². The fraction of sp³-hybridized carbons (Fsp3) is 0.875. The van der Waals surface area contributed by atoms with Crippen LogP contribution in [0.1, 0.15) is 13.3 Å². The van der Waals surface area contributed by atoms with Gasteiger partial charge in [0.25, 0.3) is 0 Å². The molecule has 0 fully saturated rings. The van der Waals surface area contributed by atoms with E-state index in [1.807, 2.05) is 6.92 Å². The summed E-state index contributed by atoms with van der Waals surface area (Å²) in [6.45, 7) is 2.46. The zero-order chi connectivity index (χ0) is 15.1. The molecule has 1 rings (SSSR count). The summed E-state index contributed by atoms with van der Waals surface area (Å²) in [6.07, 6.45) is 1.17. The number of hydrogen-bond acceptors (Lipinski definition) is 3. The van der Waals surface area contributed by atoms with Crippen LogP contribution in [0.25, 0.3) is 0 Å². The molecule has 0 radical (unpaired) electrons. The molecule has 0 spiro atoms. The lowest BCUT2D eigenvalue weighted by Crippen LogP contribution is -2.58. The van der Waals surface area contributed by atoms with Crippen molar-refractivity contribution in [1.82, 2.24) is 9.91 Å². The number of hydrogen-bond donors (Lipinski definition) is 0. The quantitative estimate of drug-likeness (QED) is 0.455. The summed E-state index contributed by atoms with van der Waals surface area (Å²) in [5.74, 6) is 0. The summed E-state index contributed by atoms with van der Waals surface area (Å²) >= 11 is 47.3. The summed E-state index contributed by atoms with van der Waals surface area (Å²) < 4.78 is -5.73. The molecule has 0 aromatic heterocycles. The highest BCUT2D eigenvalue weighted by Crippen LogP contribution is 2.52. The first kappa shape index (κ1) is 18.6. The molecular weight excluding hydrogens is 422 g/mol. The monoisotopic (exact) mass is 427 g/mol. The van der Waals surface area contributed by atoms with E-state index in [0.29, 0.717) is 6.54 Å². The Hall–Kier alpha value is 1.59. The number of rotatable bonds is 3. The molecule has 1 aliphatic rings. The fourth-order valence-electron chi connectivity index (χ4n) is 1.50. The summed E-state index contributed by atoms with van der Waals surface area (Å²) in [6, 6.07) is 0. The van der Waals surface area contributed by atoms with Crippen LogP contribution in [0, 0.1) is 0 Å². The highest BCUT2D eigenvalue weighted by molar-refractivity contribution is 6.75. The lowest BCUT2D eigenvalue weighted by atomic mass is 10.4. The number of halogens is 8. The van der Waals surface area contributed by atoms with Crippen molar-refractivity contribution in [2.24, 2.45) is 5.10 Å². The van der Waals surface area contributed by atoms with Gasteiger partial charge < -0.3 is 0 Å². The topological polar surface area (TPSA) is 18.8 Å². The van der Waals surface area contributed by atoms with Crippen LogP contribution in [0.5, 0.6) is 0 Å². The molecule has 0 aliphatic carbocycles. The second kappa shape index (κ2) is 6.37. The first-order chi connectivity index (χ1) is 8.43. The Morgan fingerprint density at radius 2 is 1.58 bits per heavy atom. The van der Waals surface area contributed by atoms with Crippen molar-refractivity contribution < 1.29 is 0 Å². The molecule has 112 valence electrons. The summed E-state index contributed by atoms with van der Waals surface area (Å²) in [7, 11) is 0. The third-order valence-corrected chi connectivity index (χ3v) is 5.22. The fourth-order valence-corrected chi connectivity index (χ4v) is 2.72. The number of nitrogens with zero attached hydrogens (tertiary/aromatic N) is 3. The van der Waals surface area contributed by atoms with Gasteiger partial charge >= 0.3 is 0 Å². The van der Waals surface area contributed by atoms with Gasteiger partial charge in [0.2, 0.25) is 12.0 Å². The molecule has 0 aromatic carbocycles. The Kier molecular flexibility index (Phi) is 6.25. The minimum absolute atomic E-state index is 0.523. The minimum atomic E-state index is -2.03. The van der Waals surface area contributed by atoms with Crippen LogP contribution < -0.4 is 0 Å². The van der Waals surface area contributed by atoms with Gasteiger partial charge in [0.1, 0.15) is 6.34 Å². The molecule has 0 aromatic rings. The van der Waals surface area contributed by atoms with Gasteiger partial charge in [0.15, 0.2) is 6.17 Å². The average molecular weight is 431 g/mol. The molecule has 0 N–H and O–H groups in total. The molecular formula is C8H9Cl8N3. The van der Waals surface area contributed by atoms with Crippen molar-refractivity contribution in [2.75, 3.05) is 6.54 Å². The van der Waals surface area contributed by atoms with Crippen LogP contribution in [-0.2, 0) is 0 Å². The van der Waals surface area contributed by atoms with Gasteiger partial charge in [-0.25, -0.2) is 0 Å². The molecule has 0 amide bonds. The lowest BCUT2D eigenvalue weighted by molar-refractivity contribution is 0.116. The predicted octanol–water partition coefficient (Wildman–Crippen LogP) is 5.16. The molecule has 19 heavy (non-hydrogen) atoms. The number of alkyl halides is 8. The molecule has 1 atom stereocenters. The van der Waals surface area contributed by atoms with Crippen LogP contribution in [0.3, 0.4) is 0 Å². The van der Waals surface area contributed by atoms with E-state index in [0.717, 1.165) is 6.42 Å². The maximum absolute atomic E-state index is 6.09. The van der Waals surface area contributed by atoms with E-state index in [4.69, 9.17) is 92.8 Å². The van der Waals surface area contributed by atoms with Crippen molar-refractivity contribution in [3.8, 4) is 0 Å². The maximum Gasteiger partial charge on any atom is 0.241 e. The molecule has 0 saturated carbocycles. The van der Waals surface area contributed by atoms with E-state index in [2.05, 4.69) is 5.10 Å². The first-order valence-corrected chi connectivity index (χ1v) is 8.05. The Morgan fingerprint density at radius 3 is 1.95 bits per heavy atom. The second-order valence-corrected chi connectivity index (χ2v) is 9.69. The third kappa shape index (κ3) is 4.07. The van der Waals surface area contributed by atoms with Crippen molar-refractivity contribution in [1.29, 1.82) is 0 Å². The average Bonchev–Trinajstić information content (AvgIpc) is 2.60. The van der Waals surface area contributed by atoms with E-state index in [-0.39, 0.29) is 0 Å². The van der Waals surface area contributed by atoms with Crippen LogP contribution in [-0.4, -0.2) is 41.0 Å². The van der Waals surface area contributed by atoms with Gasteiger partial charge in [-0.1, -0.05) is 99.7 Å². The SMILES string of the molecule is CCCN1N=CN(C(Cl)(Cl)C(Cl)(Cl)Cl)C1C(Cl)(Cl)Cl. The minimum Gasteiger partial charge on any atom is -0.300 e. The summed E-state index contributed by atoms with van der Waals surface area (Å²) in [5, 5.41) is 5.59. The van der Waals surface area contributed by atoms with E-state index in [9.17, 15) is 0 Å². The van der Waals surface area contributed by atoms with Crippen molar-refractivity contribution in [3.05, 3.63) is 0 Å². The van der Waals surface area contributed by atoms with Crippen LogP contribution in [0.4, 0.5) is 0 Å². The Labute approximate surface area is 151 Å². The predicted molar refractivity (Wildman–Crippen MR) is 86.1 cm³/mol. The van der Waals surface area contributed by atoms with Crippen LogP contribution >= 0.6 is 92.8 Å². The highest BCUT2D eigenvalue weighted by Gasteiger charge is 2.58. The van der Waals surface area contributed by atoms with Gasteiger partial charge in [-0.05, 0) is 6.42 Å². The van der Waals surface area contributed by atoms with E-state index in [1.54, 1.807) is 0 Å². The molecule has 0 saturated heterocycles. The second-order valence-electron chi connectivity index (χ2n) is 3.76. The van der Waals surface area contributed by atoms with E-state index >= 15 is 0 Å². The molecule has 1 unspecified atom stereocenters. The van der Waals surface area contributed by atoms with Crippen LogP contribution in [0.15, 0.2) is 5.10 Å². The number of hydrazone groups is 1. The zero-order valence-electron chi connectivity index (χ0n) is 9.43.